The molecule has 0 unspecified atom stereocenters. The highest BCUT2D eigenvalue weighted by Crippen LogP contribution is 2.33. The number of carbonyl (C=O) groups excluding carboxylic acids is 1. The number of aromatic nitrogens is 2. The molecule has 1 N–H and O–H groups in total. The molecule has 1 heterocycles. The zero-order valence-corrected chi connectivity index (χ0v) is 19.1. The number of amides is 1. The third-order valence-corrected chi connectivity index (χ3v) is 5.57. The predicted octanol–water partition coefficient (Wildman–Crippen LogP) is 7.91. The molecule has 0 saturated heterocycles. The standard InChI is InChI=1S/C23H12Cl3F4N3O/c24-14-4-1-12(2-5-14)19-11-21(33(32-19)20-10-15(25)6-7-17(20)26)31-22(34)13-3-8-18(27)16(9-13)23(28,29)30/h1-11H,(H,31,34). The molecule has 0 aliphatic carbocycles. The molecule has 174 valence electrons. The fourth-order valence-electron chi connectivity index (χ4n) is 3.14. The first-order chi connectivity index (χ1) is 16.0. The van der Waals surface area contributed by atoms with Gasteiger partial charge in [0, 0.05) is 27.2 Å². The molecule has 1 aromatic heterocycles. The number of anilines is 1. The lowest BCUT2D eigenvalue weighted by atomic mass is 10.1. The first-order valence-corrected chi connectivity index (χ1v) is 10.7. The summed E-state index contributed by atoms with van der Waals surface area (Å²) in [6.45, 7) is 0. The van der Waals surface area contributed by atoms with Crippen LogP contribution in [0.3, 0.4) is 0 Å². The summed E-state index contributed by atoms with van der Waals surface area (Å²) in [6.07, 6.45) is -4.96. The van der Waals surface area contributed by atoms with E-state index in [9.17, 15) is 22.4 Å². The fourth-order valence-corrected chi connectivity index (χ4v) is 3.63. The summed E-state index contributed by atoms with van der Waals surface area (Å²) in [5.41, 5.74) is -0.559. The van der Waals surface area contributed by atoms with E-state index in [-0.39, 0.29) is 10.8 Å². The number of carbonyl (C=O) groups is 1. The molecule has 0 aliphatic rings. The summed E-state index contributed by atoms with van der Waals surface area (Å²) in [7, 11) is 0. The van der Waals surface area contributed by atoms with Gasteiger partial charge in [-0.25, -0.2) is 9.07 Å². The topological polar surface area (TPSA) is 46.9 Å². The van der Waals surface area contributed by atoms with E-state index < -0.39 is 29.0 Å². The Bertz CT molecular complexity index is 1390. The van der Waals surface area contributed by atoms with Crippen LogP contribution in [0.2, 0.25) is 15.1 Å². The number of benzene rings is 3. The van der Waals surface area contributed by atoms with Crippen molar-refractivity contribution in [3.05, 3.63) is 98.7 Å². The van der Waals surface area contributed by atoms with Gasteiger partial charge < -0.3 is 5.32 Å². The summed E-state index contributed by atoms with van der Waals surface area (Å²) >= 11 is 18.3. The second kappa shape index (κ2) is 9.29. The quantitative estimate of drug-likeness (QED) is 0.274. The smallest absolute Gasteiger partial charge is 0.306 e. The number of rotatable bonds is 4. The van der Waals surface area contributed by atoms with Crippen molar-refractivity contribution in [1.29, 1.82) is 0 Å². The average molecular weight is 529 g/mol. The molecular formula is C23H12Cl3F4N3O. The Balaban J connectivity index is 1.78. The van der Waals surface area contributed by atoms with Crippen molar-refractivity contribution in [2.24, 2.45) is 0 Å². The van der Waals surface area contributed by atoms with Gasteiger partial charge in [-0.3, -0.25) is 4.79 Å². The van der Waals surface area contributed by atoms with E-state index in [2.05, 4.69) is 10.4 Å². The number of nitrogens with one attached hydrogen (secondary N) is 1. The number of hydrogen-bond donors (Lipinski definition) is 1. The Kier molecular flexibility index (Phi) is 6.58. The molecule has 1 amide bonds. The zero-order chi connectivity index (χ0) is 24.6. The van der Waals surface area contributed by atoms with Gasteiger partial charge >= 0.3 is 6.18 Å². The molecule has 11 heteroatoms. The molecule has 0 fully saturated rings. The Labute approximate surface area is 205 Å². The van der Waals surface area contributed by atoms with Crippen LogP contribution < -0.4 is 5.32 Å². The average Bonchev–Trinajstić information content (AvgIpc) is 3.18. The second-order valence-electron chi connectivity index (χ2n) is 7.08. The molecule has 4 aromatic rings. The van der Waals surface area contributed by atoms with Crippen LogP contribution in [-0.2, 0) is 6.18 Å². The third kappa shape index (κ3) is 5.04. The van der Waals surface area contributed by atoms with Crippen LogP contribution in [-0.4, -0.2) is 15.7 Å². The van der Waals surface area contributed by atoms with E-state index in [0.29, 0.717) is 39.1 Å². The maximum atomic E-state index is 13.6. The van der Waals surface area contributed by atoms with E-state index >= 15 is 0 Å². The molecular weight excluding hydrogens is 517 g/mol. The highest BCUT2D eigenvalue weighted by atomic mass is 35.5. The second-order valence-corrected chi connectivity index (χ2v) is 8.36. The van der Waals surface area contributed by atoms with E-state index in [4.69, 9.17) is 34.8 Å². The first kappa shape index (κ1) is 24.1. The maximum absolute atomic E-state index is 13.6. The number of hydrogen-bond acceptors (Lipinski definition) is 2. The fraction of sp³-hybridized carbons (Fsp3) is 0.0435. The number of alkyl halides is 3. The summed E-state index contributed by atoms with van der Waals surface area (Å²) in [5, 5.41) is 8.09. The van der Waals surface area contributed by atoms with Crippen molar-refractivity contribution in [3.63, 3.8) is 0 Å². The molecule has 0 radical (unpaired) electrons. The summed E-state index contributed by atoms with van der Waals surface area (Å²) < 4.78 is 54.2. The molecule has 0 bridgehead atoms. The highest BCUT2D eigenvalue weighted by Gasteiger charge is 2.34. The Morgan fingerprint density at radius 1 is 0.882 bits per heavy atom. The van der Waals surface area contributed by atoms with Gasteiger partial charge in [-0.05, 0) is 48.5 Å². The van der Waals surface area contributed by atoms with Crippen molar-refractivity contribution in [3.8, 4) is 16.9 Å². The lowest BCUT2D eigenvalue weighted by molar-refractivity contribution is -0.140. The molecule has 0 atom stereocenters. The molecule has 4 nitrogen and oxygen atoms in total. The van der Waals surface area contributed by atoms with Crippen LogP contribution in [0.15, 0.2) is 66.7 Å². The zero-order valence-electron chi connectivity index (χ0n) is 16.8. The third-order valence-electron chi connectivity index (χ3n) is 4.76. The predicted molar refractivity (Wildman–Crippen MR) is 123 cm³/mol. The maximum Gasteiger partial charge on any atom is 0.419 e. The Hall–Kier alpha value is -3.07. The van der Waals surface area contributed by atoms with E-state index in [0.717, 1.165) is 6.07 Å². The molecule has 3 aromatic carbocycles. The molecule has 4 rings (SSSR count). The highest BCUT2D eigenvalue weighted by molar-refractivity contribution is 6.34. The van der Waals surface area contributed by atoms with Gasteiger partial charge in [-0.2, -0.15) is 18.3 Å². The van der Waals surface area contributed by atoms with Gasteiger partial charge in [0.2, 0.25) is 0 Å². The Morgan fingerprint density at radius 3 is 2.24 bits per heavy atom. The first-order valence-electron chi connectivity index (χ1n) is 9.52. The Morgan fingerprint density at radius 2 is 1.56 bits per heavy atom. The van der Waals surface area contributed by atoms with Crippen LogP contribution in [0.25, 0.3) is 16.9 Å². The minimum atomic E-state index is -4.96. The minimum Gasteiger partial charge on any atom is -0.306 e. The van der Waals surface area contributed by atoms with Crippen molar-refractivity contribution in [1.82, 2.24) is 9.78 Å². The van der Waals surface area contributed by atoms with Gasteiger partial charge in [-0.15, -0.1) is 0 Å². The molecule has 0 spiro atoms. The lowest BCUT2D eigenvalue weighted by Crippen LogP contribution is -2.17. The number of nitrogens with zero attached hydrogens (tertiary/aromatic N) is 2. The van der Waals surface area contributed by atoms with Crippen molar-refractivity contribution in [2.45, 2.75) is 6.18 Å². The summed E-state index contributed by atoms with van der Waals surface area (Å²) in [5.74, 6) is -2.30. The van der Waals surface area contributed by atoms with Gasteiger partial charge in [0.15, 0.2) is 0 Å². The van der Waals surface area contributed by atoms with E-state index in [1.54, 1.807) is 30.3 Å². The summed E-state index contributed by atoms with van der Waals surface area (Å²) in [6, 6.07) is 14.8. The van der Waals surface area contributed by atoms with Crippen LogP contribution in [0.5, 0.6) is 0 Å². The van der Waals surface area contributed by atoms with Gasteiger partial charge in [-0.1, -0.05) is 46.9 Å². The monoisotopic (exact) mass is 527 g/mol. The van der Waals surface area contributed by atoms with Gasteiger partial charge in [0.05, 0.1) is 22.0 Å². The largest absolute Gasteiger partial charge is 0.419 e. The normalized spacial score (nSPS) is 11.5. The van der Waals surface area contributed by atoms with Crippen molar-refractivity contribution >= 4 is 46.5 Å². The van der Waals surface area contributed by atoms with Gasteiger partial charge in [0.1, 0.15) is 11.6 Å². The van der Waals surface area contributed by atoms with Crippen molar-refractivity contribution in [2.75, 3.05) is 5.32 Å². The SMILES string of the molecule is O=C(Nc1cc(-c2ccc(Cl)cc2)nn1-c1cc(Cl)ccc1Cl)c1ccc(F)c(C(F)(F)F)c1. The van der Waals surface area contributed by atoms with Crippen LogP contribution >= 0.6 is 34.8 Å². The van der Waals surface area contributed by atoms with Crippen LogP contribution in [0.4, 0.5) is 23.4 Å². The van der Waals surface area contributed by atoms with Crippen molar-refractivity contribution < 1.29 is 22.4 Å². The number of halogens is 7. The van der Waals surface area contributed by atoms with E-state index in [1.807, 2.05) is 0 Å². The van der Waals surface area contributed by atoms with Crippen LogP contribution in [0.1, 0.15) is 15.9 Å². The summed E-state index contributed by atoms with van der Waals surface area (Å²) in [4.78, 5) is 12.8. The van der Waals surface area contributed by atoms with E-state index in [1.165, 1.54) is 22.9 Å². The molecule has 0 aliphatic heterocycles. The van der Waals surface area contributed by atoms with Crippen LogP contribution in [0, 0.1) is 5.82 Å². The molecule has 34 heavy (non-hydrogen) atoms. The van der Waals surface area contributed by atoms with Gasteiger partial charge in [0.25, 0.3) is 5.91 Å². The molecule has 0 saturated carbocycles. The lowest BCUT2D eigenvalue weighted by Gasteiger charge is -2.12. The minimum absolute atomic E-state index is 0.0944.